The molecule has 8 heteroatoms. The Morgan fingerprint density at radius 3 is 1.83 bits per heavy atom. The summed E-state index contributed by atoms with van der Waals surface area (Å²) in [6, 6.07) is 16.9. The van der Waals surface area contributed by atoms with E-state index in [1.165, 1.54) is 12.1 Å². The molecule has 0 aromatic heterocycles. The van der Waals surface area contributed by atoms with E-state index in [9.17, 15) is 19.4 Å². The summed E-state index contributed by atoms with van der Waals surface area (Å²) in [7, 11) is 3.18. The van der Waals surface area contributed by atoms with Crippen molar-refractivity contribution in [2.75, 3.05) is 26.0 Å². The molecule has 0 saturated heterocycles. The van der Waals surface area contributed by atoms with Gasteiger partial charge in [0.25, 0.3) is 11.8 Å². The normalized spacial score (nSPS) is 13.6. The van der Waals surface area contributed by atoms with Crippen LogP contribution in [-0.4, -0.2) is 38.3 Å². The maximum Gasteiger partial charge on any atom is 0.251 e. The Kier molecular flexibility index (Phi) is 7.17. The fraction of sp³-hybridized carbons (Fsp3) is 0.250. The molecule has 186 valence electrons. The van der Waals surface area contributed by atoms with Gasteiger partial charge < -0.3 is 21.7 Å². The van der Waals surface area contributed by atoms with Gasteiger partial charge >= 0.3 is 0 Å². The molecular formula is C28H30FN5O2. The third-order valence-electron chi connectivity index (χ3n) is 6.83. The first kappa shape index (κ1) is 25.1. The van der Waals surface area contributed by atoms with Crippen molar-refractivity contribution >= 4 is 23.3 Å². The molecule has 3 aromatic carbocycles. The molecule has 1 aliphatic rings. The van der Waals surface area contributed by atoms with Crippen LogP contribution in [0.2, 0.25) is 0 Å². The lowest BCUT2D eigenvalue weighted by Gasteiger charge is -2.37. The first-order chi connectivity index (χ1) is 17.3. The summed E-state index contributed by atoms with van der Waals surface area (Å²) in [6.07, 6.45) is 1.67. The lowest BCUT2D eigenvalue weighted by atomic mass is 9.68. The van der Waals surface area contributed by atoms with Crippen LogP contribution in [0.25, 0.3) is 0 Å². The minimum atomic E-state index is -0.966. The third-order valence-corrected chi connectivity index (χ3v) is 6.83. The van der Waals surface area contributed by atoms with E-state index >= 15 is 0 Å². The van der Waals surface area contributed by atoms with E-state index in [0.717, 1.165) is 22.3 Å². The van der Waals surface area contributed by atoms with Gasteiger partial charge in [-0.15, -0.1) is 0 Å². The topological polar surface area (TPSA) is 120 Å². The van der Waals surface area contributed by atoms with Crippen LogP contribution in [0.5, 0.6) is 0 Å². The van der Waals surface area contributed by atoms with E-state index in [0.29, 0.717) is 42.6 Å². The van der Waals surface area contributed by atoms with Gasteiger partial charge in [-0.1, -0.05) is 12.1 Å². The highest BCUT2D eigenvalue weighted by Gasteiger charge is 2.43. The average Bonchev–Trinajstić information content (AvgIpc) is 3.03. The molecule has 0 heterocycles. The molecule has 0 fully saturated rings. The number of carbonyl (C=O) groups is 2. The first-order valence-corrected chi connectivity index (χ1v) is 11.9. The number of benzene rings is 3. The number of amides is 2. The summed E-state index contributed by atoms with van der Waals surface area (Å²) in [6.45, 7) is 0.292. The Hall–Kier alpha value is -4.04. The molecule has 0 radical (unpaired) electrons. The standard InChI is InChI=1S/C28H30FN5O2/c1-32-25(35)19-5-11-23-17(15-19)3-4-18-16-20(26(36)33-2)6-12-24(18)28(23,13-14-30)27(31)34-22-9-7-21(29)8-10-22/h5-12,15-16H,3-4,13-14,30H2,1-2H3,(H2,31,34)(H,32,35)(H,33,36). The Morgan fingerprint density at radius 2 is 1.39 bits per heavy atom. The van der Waals surface area contributed by atoms with Gasteiger partial charge in [0.1, 0.15) is 11.7 Å². The van der Waals surface area contributed by atoms with Crippen molar-refractivity contribution in [3.05, 3.63) is 99.9 Å². The SMILES string of the molecule is CNC(=O)c1ccc2c(c1)CCc1cc(C(=O)NC)ccc1C2(CCN)C(=N)Nc1ccc(F)cc1. The number of anilines is 1. The predicted molar refractivity (Wildman–Crippen MR) is 139 cm³/mol. The van der Waals surface area contributed by atoms with Crippen molar-refractivity contribution in [3.8, 4) is 0 Å². The summed E-state index contributed by atoms with van der Waals surface area (Å²) in [4.78, 5) is 24.8. The summed E-state index contributed by atoms with van der Waals surface area (Å²) in [5.74, 6) is -0.558. The Labute approximate surface area is 209 Å². The quantitative estimate of drug-likeness (QED) is 0.270. The Balaban J connectivity index is 1.94. The molecule has 0 spiro atoms. The van der Waals surface area contributed by atoms with E-state index in [4.69, 9.17) is 5.73 Å². The summed E-state index contributed by atoms with van der Waals surface area (Å²) in [5.41, 5.74) is 10.5. The second kappa shape index (κ2) is 10.3. The highest BCUT2D eigenvalue weighted by Crippen LogP contribution is 2.44. The molecule has 0 aliphatic heterocycles. The number of halogens is 1. The first-order valence-electron chi connectivity index (χ1n) is 11.9. The Bertz CT molecular complexity index is 1250. The zero-order valence-electron chi connectivity index (χ0n) is 20.4. The Morgan fingerprint density at radius 1 is 0.889 bits per heavy atom. The number of nitrogens with one attached hydrogen (secondary N) is 4. The van der Waals surface area contributed by atoms with Crippen molar-refractivity contribution in [2.45, 2.75) is 24.7 Å². The second-order valence-electron chi connectivity index (χ2n) is 8.85. The van der Waals surface area contributed by atoms with Gasteiger partial charge in [-0.3, -0.25) is 15.0 Å². The van der Waals surface area contributed by atoms with Crippen LogP contribution in [0.3, 0.4) is 0 Å². The maximum atomic E-state index is 13.5. The number of amidine groups is 1. The molecular weight excluding hydrogens is 457 g/mol. The number of nitrogens with two attached hydrogens (primary N) is 1. The number of fused-ring (bicyclic) bond motifs is 2. The fourth-order valence-electron chi connectivity index (χ4n) is 5.08. The van der Waals surface area contributed by atoms with Crippen LogP contribution in [-0.2, 0) is 18.3 Å². The highest BCUT2D eigenvalue weighted by atomic mass is 19.1. The van der Waals surface area contributed by atoms with Gasteiger partial charge in [0.05, 0.1) is 5.41 Å². The average molecular weight is 488 g/mol. The van der Waals surface area contributed by atoms with E-state index in [1.54, 1.807) is 38.4 Å². The molecule has 0 atom stereocenters. The minimum absolute atomic E-state index is 0.185. The van der Waals surface area contributed by atoms with Gasteiger partial charge in [-0.2, -0.15) is 0 Å². The number of carbonyl (C=O) groups excluding carboxylic acids is 2. The number of rotatable bonds is 6. The number of hydrogen-bond acceptors (Lipinski definition) is 4. The molecule has 2 amide bonds. The van der Waals surface area contributed by atoms with Gasteiger partial charge in [-0.05, 0) is 96.6 Å². The van der Waals surface area contributed by atoms with Crippen LogP contribution in [0, 0.1) is 11.2 Å². The third kappa shape index (κ3) is 4.47. The molecule has 3 aromatic rings. The van der Waals surface area contributed by atoms with Crippen LogP contribution < -0.4 is 21.7 Å². The van der Waals surface area contributed by atoms with Crippen molar-refractivity contribution in [3.63, 3.8) is 0 Å². The lowest BCUT2D eigenvalue weighted by Crippen LogP contribution is -2.43. The fourth-order valence-corrected chi connectivity index (χ4v) is 5.08. The molecule has 6 N–H and O–H groups in total. The van der Waals surface area contributed by atoms with Gasteiger partial charge in [0, 0.05) is 30.9 Å². The summed E-state index contributed by atoms with van der Waals surface area (Å²) >= 11 is 0. The summed E-state index contributed by atoms with van der Waals surface area (Å²) in [5, 5.41) is 17.8. The number of hydrogen-bond donors (Lipinski definition) is 5. The van der Waals surface area contributed by atoms with Crippen LogP contribution in [0.4, 0.5) is 10.1 Å². The largest absolute Gasteiger partial charge is 0.355 e. The monoisotopic (exact) mass is 487 g/mol. The van der Waals surface area contributed by atoms with E-state index in [1.807, 2.05) is 24.3 Å². The maximum absolute atomic E-state index is 13.5. The van der Waals surface area contributed by atoms with Crippen LogP contribution in [0.15, 0.2) is 60.7 Å². The van der Waals surface area contributed by atoms with Crippen LogP contribution in [0.1, 0.15) is 49.4 Å². The van der Waals surface area contributed by atoms with E-state index < -0.39 is 5.41 Å². The molecule has 7 nitrogen and oxygen atoms in total. The van der Waals surface area contributed by atoms with Crippen molar-refractivity contribution < 1.29 is 14.0 Å². The zero-order valence-corrected chi connectivity index (χ0v) is 20.4. The molecule has 0 saturated carbocycles. The molecule has 0 bridgehead atoms. The van der Waals surface area contributed by atoms with Crippen molar-refractivity contribution in [1.29, 1.82) is 5.41 Å². The van der Waals surface area contributed by atoms with Gasteiger partial charge in [-0.25, -0.2) is 4.39 Å². The van der Waals surface area contributed by atoms with E-state index in [-0.39, 0.29) is 23.5 Å². The van der Waals surface area contributed by atoms with Crippen molar-refractivity contribution in [2.24, 2.45) is 5.73 Å². The number of aryl methyl sites for hydroxylation is 2. The molecule has 4 rings (SSSR count). The predicted octanol–water partition coefficient (Wildman–Crippen LogP) is 3.37. The minimum Gasteiger partial charge on any atom is -0.355 e. The molecule has 0 unspecified atom stereocenters. The van der Waals surface area contributed by atoms with Gasteiger partial charge in [0.15, 0.2) is 0 Å². The van der Waals surface area contributed by atoms with Gasteiger partial charge in [0.2, 0.25) is 0 Å². The zero-order chi connectivity index (χ0) is 25.9. The molecule has 1 aliphatic carbocycles. The highest BCUT2D eigenvalue weighted by molar-refractivity contribution is 6.05. The van der Waals surface area contributed by atoms with Crippen molar-refractivity contribution in [1.82, 2.24) is 10.6 Å². The lowest BCUT2D eigenvalue weighted by molar-refractivity contribution is 0.0955. The summed E-state index contributed by atoms with van der Waals surface area (Å²) < 4.78 is 13.5. The smallest absolute Gasteiger partial charge is 0.251 e. The second-order valence-corrected chi connectivity index (χ2v) is 8.85. The molecule has 36 heavy (non-hydrogen) atoms. The van der Waals surface area contributed by atoms with Crippen LogP contribution >= 0.6 is 0 Å². The van der Waals surface area contributed by atoms with E-state index in [2.05, 4.69) is 16.0 Å².